The van der Waals surface area contributed by atoms with Gasteiger partial charge in [0.25, 0.3) is 0 Å². The van der Waals surface area contributed by atoms with E-state index in [-0.39, 0.29) is 10.9 Å². The Labute approximate surface area is 121 Å². The first kappa shape index (κ1) is 15.3. The second-order valence-electron chi connectivity index (χ2n) is 5.69. The van der Waals surface area contributed by atoms with Crippen LogP contribution < -0.4 is 0 Å². The number of aromatic nitrogens is 2. The molecule has 0 radical (unpaired) electrons. The molecule has 0 aromatic carbocycles. The first-order valence-electron chi connectivity index (χ1n) is 7.06. The second-order valence-corrected chi connectivity index (χ2v) is 7.73. The molecule has 1 aromatic heterocycles. The Morgan fingerprint density at radius 1 is 1.45 bits per heavy atom. The van der Waals surface area contributed by atoms with Gasteiger partial charge < -0.3 is 0 Å². The maximum absolute atomic E-state index is 12.5. The van der Waals surface area contributed by atoms with E-state index >= 15 is 0 Å². The van der Waals surface area contributed by atoms with Crippen molar-refractivity contribution in [3.05, 3.63) is 24.5 Å². The molecule has 0 N–H and O–H groups in total. The summed E-state index contributed by atoms with van der Waals surface area (Å²) in [6, 6.07) is 0.160. The van der Waals surface area contributed by atoms with E-state index in [4.69, 9.17) is 0 Å². The van der Waals surface area contributed by atoms with Crippen LogP contribution in [-0.4, -0.2) is 36.1 Å². The van der Waals surface area contributed by atoms with Gasteiger partial charge in [-0.1, -0.05) is 12.2 Å². The minimum atomic E-state index is -3.43. The summed E-state index contributed by atoms with van der Waals surface area (Å²) in [6.45, 7) is 4.52. The van der Waals surface area contributed by atoms with E-state index < -0.39 is 10.0 Å². The first-order valence-corrected chi connectivity index (χ1v) is 8.50. The Bertz CT molecular complexity index is 575. The zero-order chi connectivity index (χ0) is 14.8. The molecule has 1 aliphatic carbocycles. The molecule has 0 spiro atoms. The summed E-state index contributed by atoms with van der Waals surface area (Å²) >= 11 is 0. The van der Waals surface area contributed by atoms with E-state index in [2.05, 4.69) is 17.3 Å². The summed E-state index contributed by atoms with van der Waals surface area (Å²) < 4.78 is 28.1. The van der Waals surface area contributed by atoms with E-state index in [9.17, 15) is 8.42 Å². The third kappa shape index (κ3) is 3.30. The van der Waals surface area contributed by atoms with Crippen LogP contribution in [0.4, 0.5) is 0 Å². The highest BCUT2D eigenvalue weighted by Gasteiger charge is 2.25. The molecular weight excluding hydrogens is 274 g/mol. The SMILES string of the molecule is CC(C)n1cc(S(=O)(=O)N(C)CC2CC=CCC2)cn1. The third-order valence-corrected chi connectivity index (χ3v) is 5.48. The Hall–Kier alpha value is -1.14. The predicted octanol–water partition coefficient (Wildman–Crippen LogP) is 2.44. The first-order chi connectivity index (χ1) is 9.41. The van der Waals surface area contributed by atoms with Crippen molar-refractivity contribution in [3.8, 4) is 0 Å². The van der Waals surface area contributed by atoms with Gasteiger partial charge in [0.1, 0.15) is 4.90 Å². The van der Waals surface area contributed by atoms with E-state index in [1.807, 2.05) is 13.8 Å². The molecule has 1 aromatic rings. The molecule has 1 aliphatic rings. The molecule has 1 unspecified atom stereocenters. The van der Waals surface area contributed by atoms with Gasteiger partial charge in [-0.05, 0) is 39.0 Å². The summed E-state index contributed by atoms with van der Waals surface area (Å²) in [6.07, 6.45) is 10.4. The summed E-state index contributed by atoms with van der Waals surface area (Å²) in [4.78, 5) is 0.278. The Kier molecular flexibility index (Phi) is 4.65. The van der Waals surface area contributed by atoms with Gasteiger partial charge in [0.15, 0.2) is 0 Å². The monoisotopic (exact) mass is 297 g/mol. The van der Waals surface area contributed by atoms with Crippen LogP contribution in [0.1, 0.15) is 39.2 Å². The van der Waals surface area contributed by atoms with Crippen molar-refractivity contribution in [1.82, 2.24) is 14.1 Å². The van der Waals surface area contributed by atoms with Gasteiger partial charge in [0.2, 0.25) is 10.0 Å². The summed E-state index contributed by atoms with van der Waals surface area (Å²) in [7, 11) is -1.77. The maximum Gasteiger partial charge on any atom is 0.245 e. The number of rotatable bonds is 5. The maximum atomic E-state index is 12.5. The Balaban J connectivity index is 2.09. The molecule has 0 saturated heterocycles. The lowest BCUT2D eigenvalue weighted by Crippen LogP contribution is -2.32. The van der Waals surface area contributed by atoms with Crippen molar-refractivity contribution in [2.24, 2.45) is 5.92 Å². The lowest BCUT2D eigenvalue weighted by atomic mass is 9.95. The van der Waals surface area contributed by atoms with E-state index in [1.54, 1.807) is 17.9 Å². The van der Waals surface area contributed by atoms with Crippen LogP contribution in [0.25, 0.3) is 0 Å². The van der Waals surface area contributed by atoms with Crippen LogP contribution in [0.15, 0.2) is 29.4 Å². The van der Waals surface area contributed by atoms with Gasteiger partial charge in [-0.3, -0.25) is 4.68 Å². The number of nitrogens with zero attached hydrogens (tertiary/aromatic N) is 3. The van der Waals surface area contributed by atoms with Crippen LogP contribution in [0.5, 0.6) is 0 Å². The molecule has 0 amide bonds. The van der Waals surface area contributed by atoms with Gasteiger partial charge in [-0.25, -0.2) is 12.7 Å². The van der Waals surface area contributed by atoms with Gasteiger partial charge >= 0.3 is 0 Å². The average Bonchev–Trinajstić information content (AvgIpc) is 2.90. The number of allylic oxidation sites excluding steroid dienone is 2. The van der Waals surface area contributed by atoms with Crippen molar-refractivity contribution in [3.63, 3.8) is 0 Å². The van der Waals surface area contributed by atoms with Crippen LogP contribution in [0.2, 0.25) is 0 Å². The average molecular weight is 297 g/mol. The van der Waals surface area contributed by atoms with Crippen molar-refractivity contribution in [2.45, 2.75) is 44.0 Å². The van der Waals surface area contributed by atoms with Gasteiger partial charge in [0, 0.05) is 25.8 Å². The molecule has 5 nitrogen and oxygen atoms in total. The molecule has 2 rings (SSSR count). The van der Waals surface area contributed by atoms with Crippen LogP contribution in [0.3, 0.4) is 0 Å². The number of sulfonamides is 1. The fourth-order valence-electron chi connectivity index (χ4n) is 2.40. The van der Waals surface area contributed by atoms with Gasteiger partial charge in [-0.2, -0.15) is 5.10 Å². The highest BCUT2D eigenvalue weighted by atomic mass is 32.2. The van der Waals surface area contributed by atoms with E-state index in [0.29, 0.717) is 12.5 Å². The lowest BCUT2D eigenvalue weighted by molar-refractivity contribution is 0.362. The summed E-state index contributed by atoms with van der Waals surface area (Å²) in [5.74, 6) is 0.417. The quantitative estimate of drug-likeness (QED) is 0.784. The Morgan fingerprint density at radius 3 is 2.75 bits per heavy atom. The Morgan fingerprint density at radius 2 is 2.20 bits per heavy atom. The smallest absolute Gasteiger partial charge is 0.245 e. The molecule has 0 bridgehead atoms. The highest BCUT2D eigenvalue weighted by molar-refractivity contribution is 7.89. The molecule has 0 fully saturated rings. The molecule has 0 saturated carbocycles. The number of hydrogen-bond donors (Lipinski definition) is 0. The zero-order valence-electron chi connectivity index (χ0n) is 12.4. The second kappa shape index (κ2) is 6.10. The molecule has 6 heteroatoms. The molecule has 1 heterocycles. The molecular formula is C14H23N3O2S. The van der Waals surface area contributed by atoms with Gasteiger partial charge in [-0.15, -0.1) is 0 Å². The van der Waals surface area contributed by atoms with Crippen molar-refractivity contribution >= 4 is 10.0 Å². The summed E-state index contributed by atoms with van der Waals surface area (Å²) in [5, 5.41) is 4.11. The van der Waals surface area contributed by atoms with E-state index in [1.165, 1.54) is 10.5 Å². The highest BCUT2D eigenvalue weighted by Crippen LogP contribution is 2.22. The summed E-state index contributed by atoms with van der Waals surface area (Å²) in [5.41, 5.74) is 0. The fourth-order valence-corrected chi connectivity index (χ4v) is 3.59. The minimum Gasteiger partial charge on any atom is -0.269 e. The molecule has 20 heavy (non-hydrogen) atoms. The standard InChI is InChI=1S/C14H23N3O2S/c1-12(2)17-11-14(9-15-17)20(18,19)16(3)10-13-7-5-4-6-8-13/h4-5,9,11-13H,6-8,10H2,1-3H3. The normalized spacial score (nSPS) is 19.9. The third-order valence-electron chi connectivity index (χ3n) is 3.71. The van der Waals surface area contributed by atoms with Crippen molar-refractivity contribution in [1.29, 1.82) is 0 Å². The zero-order valence-corrected chi connectivity index (χ0v) is 13.2. The largest absolute Gasteiger partial charge is 0.269 e. The van der Waals surface area contributed by atoms with Crippen molar-refractivity contribution < 1.29 is 8.42 Å². The molecule has 0 aliphatic heterocycles. The predicted molar refractivity (Wildman–Crippen MR) is 78.9 cm³/mol. The number of hydrogen-bond acceptors (Lipinski definition) is 3. The van der Waals surface area contributed by atoms with E-state index in [0.717, 1.165) is 19.3 Å². The van der Waals surface area contributed by atoms with Crippen LogP contribution in [-0.2, 0) is 10.0 Å². The fraction of sp³-hybridized carbons (Fsp3) is 0.643. The topological polar surface area (TPSA) is 55.2 Å². The molecule has 112 valence electrons. The van der Waals surface area contributed by atoms with Crippen molar-refractivity contribution in [2.75, 3.05) is 13.6 Å². The lowest BCUT2D eigenvalue weighted by Gasteiger charge is -2.24. The van der Waals surface area contributed by atoms with Gasteiger partial charge in [0.05, 0.1) is 6.20 Å². The minimum absolute atomic E-state index is 0.160. The molecule has 1 atom stereocenters. The van der Waals surface area contributed by atoms with Crippen LogP contribution >= 0.6 is 0 Å². The van der Waals surface area contributed by atoms with Crippen LogP contribution in [0, 0.1) is 5.92 Å².